The van der Waals surface area contributed by atoms with Gasteiger partial charge in [-0.25, -0.2) is 0 Å². The van der Waals surface area contributed by atoms with Gasteiger partial charge in [0.1, 0.15) is 0 Å². The summed E-state index contributed by atoms with van der Waals surface area (Å²) in [4.78, 5) is 0. The van der Waals surface area contributed by atoms with Crippen molar-refractivity contribution in [1.29, 1.82) is 0 Å². The Hall–Kier alpha value is -0.0800. The number of nitrogens with two attached hydrogens (primary N) is 1. The fourth-order valence-electron chi connectivity index (χ4n) is 1.84. The molecule has 2 nitrogen and oxygen atoms in total. The molecule has 2 heteroatoms. The molecule has 1 heterocycles. The van der Waals surface area contributed by atoms with E-state index in [0.717, 1.165) is 25.9 Å². The number of hydrogen-bond donors (Lipinski definition) is 1. The highest BCUT2D eigenvalue weighted by molar-refractivity contribution is 4.86. The van der Waals surface area contributed by atoms with Crippen LogP contribution in [0.2, 0.25) is 0 Å². The van der Waals surface area contributed by atoms with Crippen LogP contribution in [0.25, 0.3) is 0 Å². The molecule has 12 heavy (non-hydrogen) atoms. The number of ether oxygens (including phenoxy) is 1. The van der Waals surface area contributed by atoms with E-state index in [2.05, 4.69) is 20.8 Å². The average Bonchev–Trinajstić information content (AvgIpc) is 2.03. The van der Waals surface area contributed by atoms with Crippen molar-refractivity contribution in [1.82, 2.24) is 0 Å². The standard InChI is InChI=1S/C10H21NO/c1-4-9-7-8(5-6-12-9)10(2,3)11/h8-9H,4-7,11H2,1-3H3. The molecule has 0 amide bonds. The Morgan fingerprint density at radius 3 is 2.67 bits per heavy atom. The minimum atomic E-state index is -0.0306. The van der Waals surface area contributed by atoms with Gasteiger partial charge in [0, 0.05) is 12.1 Å². The average molecular weight is 171 g/mol. The van der Waals surface area contributed by atoms with Crippen molar-refractivity contribution in [2.24, 2.45) is 11.7 Å². The zero-order valence-corrected chi connectivity index (χ0v) is 8.47. The monoisotopic (exact) mass is 171 g/mol. The quantitative estimate of drug-likeness (QED) is 0.689. The van der Waals surface area contributed by atoms with Crippen LogP contribution in [0.5, 0.6) is 0 Å². The van der Waals surface area contributed by atoms with Crippen LogP contribution in [0, 0.1) is 5.92 Å². The van der Waals surface area contributed by atoms with E-state index >= 15 is 0 Å². The largest absolute Gasteiger partial charge is 0.378 e. The van der Waals surface area contributed by atoms with E-state index in [1.165, 1.54) is 0 Å². The van der Waals surface area contributed by atoms with Crippen molar-refractivity contribution in [3.8, 4) is 0 Å². The van der Waals surface area contributed by atoms with E-state index in [4.69, 9.17) is 10.5 Å². The Bertz CT molecular complexity index is 139. The Morgan fingerprint density at radius 2 is 2.17 bits per heavy atom. The van der Waals surface area contributed by atoms with Crippen molar-refractivity contribution in [2.75, 3.05) is 6.61 Å². The number of rotatable bonds is 2. The lowest BCUT2D eigenvalue weighted by atomic mass is 9.80. The molecular weight excluding hydrogens is 150 g/mol. The predicted molar refractivity (Wildman–Crippen MR) is 51.0 cm³/mol. The molecule has 1 aliphatic heterocycles. The van der Waals surface area contributed by atoms with Crippen molar-refractivity contribution < 1.29 is 4.74 Å². The zero-order valence-electron chi connectivity index (χ0n) is 8.47. The molecule has 0 aliphatic carbocycles. The van der Waals surface area contributed by atoms with Crippen LogP contribution in [-0.2, 0) is 4.74 Å². The Balaban J connectivity index is 2.46. The molecular formula is C10H21NO. The van der Waals surface area contributed by atoms with Crippen molar-refractivity contribution in [2.45, 2.75) is 51.7 Å². The molecule has 2 atom stereocenters. The molecule has 72 valence electrons. The summed E-state index contributed by atoms with van der Waals surface area (Å²) in [6.07, 6.45) is 3.83. The summed E-state index contributed by atoms with van der Waals surface area (Å²) in [5, 5.41) is 0. The second-order valence-electron chi connectivity index (χ2n) is 4.44. The van der Waals surface area contributed by atoms with Crippen molar-refractivity contribution >= 4 is 0 Å². The Morgan fingerprint density at radius 1 is 1.50 bits per heavy atom. The normalized spacial score (nSPS) is 32.0. The predicted octanol–water partition coefficient (Wildman–Crippen LogP) is 1.93. The third-order valence-corrected chi connectivity index (χ3v) is 2.87. The van der Waals surface area contributed by atoms with E-state index in [1.54, 1.807) is 0 Å². The smallest absolute Gasteiger partial charge is 0.0575 e. The van der Waals surface area contributed by atoms with Gasteiger partial charge in [0.25, 0.3) is 0 Å². The molecule has 0 saturated carbocycles. The lowest BCUT2D eigenvalue weighted by Gasteiger charge is -2.37. The zero-order chi connectivity index (χ0) is 9.19. The summed E-state index contributed by atoms with van der Waals surface area (Å²) in [5.74, 6) is 0.635. The van der Waals surface area contributed by atoms with Crippen LogP contribution < -0.4 is 5.73 Å². The van der Waals surface area contributed by atoms with Gasteiger partial charge < -0.3 is 10.5 Å². The van der Waals surface area contributed by atoms with Crippen LogP contribution in [-0.4, -0.2) is 18.2 Å². The first-order valence-electron chi connectivity index (χ1n) is 4.94. The third kappa shape index (κ3) is 2.46. The van der Waals surface area contributed by atoms with Crippen LogP contribution in [0.1, 0.15) is 40.0 Å². The fraction of sp³-hybridized carbons (Fsp3) is 1.00. The lowest BCUT2D eigenvalue weighted by Crippen LogP contribution is -2.45. The Labute approximate surface area is 75.5 Å². The number of hydrogen-bond acceptors (Lipinski definition) is 2. The molecule has 0 aromatic heterocycles. The Kier molecular flexibility index (Phi) is 3.13. The maximum absolute atomic E-state index is 6.07. The molecule has 1 fully saturated rings. The van der Waals surface area contributed by atoms with E-state index in [9.17, 15) is 0 Å². The summed E-state index contributed by atoms with van der Waals surface area (Å²) in [5.41, 5.74) is 6.04. The summed E-state index contributed by atoms with van der Waals surface area (Å²) < 4.78 is 5.60. The molecule has 0 aromatic rings. The van der Waals surface area contributed by atoms with E-state index < -0.39 is 0 Å². The SMILES string of the molecule is CCC1CC(C(C)(C)N)CCO1. The van der Waals surface area contributed by atoms with Gasteiger partial charge >= 0.3 is 0 Å². The highest BCUT2D eigenvalue weighted by atomic mass is 16.5. The molecule has 0 bridgehead atoms. The second-order valence-corrected chi connectivity index (χ2v) is 4.44. The lowest BCUT2D eigenvalue weighted by molar-refractivity contribution is -0.0245. The minimum absolute atomic E-state index is 0.0306. The molecule has 0 spiro atoms. The van der Waals surface area contributed by atoms with Crippen LogP contribution in [0.3, 0.4) is 0 Å². The molecule has 1 aliphatic rings. The van der Waals surface area contributed by atoms with Gasteiger partial charge in [0.15, 0.2) is 0 Å². The minimum Gasteiger partial charge on any atom is -0.378 e. The molecule has 2 unspecified atom stereocenters. The molecule has 0 radical (unpaired) electrons. The van der Waals surface area contributed by atoms with Gasteiger partial charge in [-0.15, -0.1) is 0 Å². The van der Waals surface area contributed by atoms with E-state index in [-0.39, 0.29) is 5.54 Å². The summed E-state index contributed by atoms with van der Waals surface area (Å²) in [7, 11) is 0. The van der Waals surface area contributed by atoms with Gasteiger partial charge in [-0.2, -0.15) is 0 Å². The summed E-state index contributed by atoms with van der Waals surface area (Å²) >= 11 is 0. The van der Waals surface area contributed by atoms with Crippen LogP contribution >= 0.6 is 0 Å². The van der Waals surface area contributed by atoms with E-state index in [1.807, 2.05) is 0 Å². The summed E-state index contributed by atoms with van der Waals surface area (Å²) in [6.45, 7) is 7.31. The van der Waals surface area contributed by atoms with Gasteiger partial charge in [-0.1, -0.05) is 6.92 Å². The maximum Gasteiger partial charge on any atom is 0.0575 e. The van der Waals surface area contributed by atoms with Crippen molar-refractivity contribution in [3.05, 3.63) is 0 Å². The first-order chi connectivity index (χ1) is 5.54. The molecule has 1 rings (SSSR count). The molecule has 0 aromatic carbocycles. The molecule has 2 N–H and O–H groups in total. The van der Waals surface area contributed by atoms with Gasteiger partial charge in [-0.3, -0.25) is 0 Å². The third-order valence-electron chi connectivity index (χ3n) is 2.87. The van der Waals surface area contributed by atoms with Gasteiger partial charge in [0.05, 0.1) is 6.10 Å². The van der Waals surface area contributed by atoms with Gasteiger partial charge in [0.2, 0.25) is 0 Å². The highest BCUT2D eigenvalue weighted by Gasteiger charge is 2.30. The maximum atomic E-state index is 6.07. The highest BCUT2D eigenvalue weighted by Crippen LogP contribution is 2.29. The fourth-order valence-corrected chi connectivity index (χ4v) is 1.84. The van der Waals surface area contributed by atoms with Gasteiger partial charge in [-0.05, 0) is 39.0 Å². The first-order valence-corrected chi connectivity index (χ1v) is 4.94. The van der Waals surface area contributed by atoms with Crippen LogP contribution in [0.15, 0.2) is 0 Å². The summed E-state index contributed by atoms with van der Waals surface area (Å²) in [6, 6.07) is 0. The van der Waals surface area contributed by atoms with Crippen molar-refractivity contribution in [3.63, 3.8) is 0 Å². The molecule has 1 saturated heterocycles. The second kappa shape index (κ2) is 3.75. The van der Waals surface area contributed by atoms with E-state index in [0.29, 0.717) is 12.0 Å². The topological polar surface area (TPSA) is 35.2 Å². The van der Waals surface area contributed by atoms with Crippen LogP contribution in [0.4, 0.5) is 0 Å². The first kappa shape index (κ1) is 10.0.